The normalized spacial score (nSPS) is 12.3. The average molecular weight is 343 g/mol. The first-order valence-corrected chi connectivity index (χ1v) is 7.57. The Kier molecular flexibility index (Phi) is 3.95. The smallest absolute Gasteiger partial charge is 0.142 e. The zero-order chi connectivity index (χ0) is 14.8. The highest BCUT2D eigenvalue weighted by Gasteiger charge is 2.07. The largest absolute Gasteiger partial charge is 0.456 e. The van der Waals surface area contributed by atoms with Crippen molar-refractivity contribution in [3.63, 3.8) is 0 Å². The number of aliphatic hydroxyl groups excluding tert-OH is 1. The van der Waals surface area contributed by atoms with E-state index in [2.05, 4.69) is 28.1 Å². The molecule has 3 heteroatoms. The Labute approximate surface area is 132 Å². The van der Waals surface area contributed by atoms with Crippen molar-refractivity contribution in [3.05, 3.63) is 70.7 Å². The van der Waals surface area contributed by atoms with Crippen molar-refractivity contribution in [2.24, 2.45) is 0 Å². The van der Waals surface area contributed by atoms with Gasteiger partial charge in [-0.1, -0.05) is 42.5 Å². The molecular weight excluding hydrogens is 328 g/mol. The summed E-state index contributed by atoms with van der Waals surface area (Å²) in [6.45, 7) is 1.75. The van der Waals surface area contributed by atoms with Crippen LogP contribution >= 0.6 is 15.9 Å². The van der Waals surface area contributed by atoms with Gasteiger partial charge in [0, 0.05) is 0 Å². The second-order valence-electron chi connectivity index (χ2n) is 4.95. The van der Waals surface area contributed by atoms with E-state index in [0.717, 1.165) is 26.9 Å². The molecule has 1 atom stereocenters. The number of ether oxygens (including phenoxy) is 1. The second kappa shape index (κ2) is 5.88. The Morgan fingerprint density at radius 1 is 0.952 bits per heavy atom. The number of hydrogen-bond acceptors (Lipinski definition) is 2. The van der Waals surface area contributed by atoms with Crippen LogP contribution in [0.4, 0.5) is 0 Å². The highest BCUT2D eigenvalue weighted by Crippen LogP contribution is 2.35. The number of aliphatic hydroxyl groups is 1. The van der Waals surface area contributed by atoms with Gasteiger partial charge in [0.1, 0.15) is 11.5 Å². The number of hydrogen-bond donors (Lipinski definition) is 1. The van der Waals surface area contributed by atoms with Crippen LogP contribution in [-0.2, 0) is 0 Å². The summed E-state index contributed by atoms with van der Waals surface area (Å²) >= 11 is 3.61. The fourth-order valence-electron chi connectivity index (χ4n) is 2.23. The van der Waals surface area contributed by atoms with E-state index in [1.54, 1.807) is 6.92 Å². The molecule has 0 saturated carbocycles. The van der Waals surface area contributed by atoms with Crippen molar-refractivity contribution in [1.82, 2.24) is 0 Å². The monoisotopic (exact) mass is 342 g/mol. The molecule has 3 rings (SSSR count). The van der Waals surface area contributed by atoms with E-state index in [0.29, 0.717) is 0 Å². The fourth-order valence-corrected chi connectivity index (χ4v) is 2.81. The Morgan fingerprint density at radius 2 is 1.67 bits per heavy atom. The lowest BCUT2D eigenvalue weighted by atomic mass is 10.1. The molecule has 3 aromatic carbocycles. The minimum atomic E-state index is -0.466. The van der Waals surface area contributed by atoms with Crippen LogP contribution in [0.3, 0.4) is 0 Å². The Balaban J connectivity index is 1.92. The van der Waals surface area contributed by atoms with Crippen LogP contribution in [0, 0.1) is 0 Å². The third-order valence-electron chi connectivity index (χ3n) is 3.42. The molecule has 0 aliphatic heterocycles. The highest BCUT2D eigenvalue weighted by molar-refractivity contribution is 9.10. The zero-order valence-electron chi connectivity index (χ0n) is 11.6. The molecule has 0 spiro atoms. The van der Waals surface area contributed by atoms with Gasteiger partial charge >= 0.3 is 0 Å². The van der Waals surface area contributed by atoms with Crippen LogP contribution in [0.15, 0.2) is 65.1 Å². The molecule has 0 aliphatic carbocycles. The van der Waals surface area contributed by atoms with Gasteiger partial charge in [-0.2, -0.15) is 0 Å². The minimum Gasteiger partial charge on any atom is -0.456 e. The van der Waals surface area contributed by atoms with Crippen LogP contribution < -0.4 is 4.74 Å². The lowest BCUT2D eigenvalue weighted by Crippen LogP contribution is -1.91. The number of benzene rings is 3. The second-order valence-corrected chi connectivity index (χ2v) is 5.74. The SMILES string of the molecule is C[C@H](O)c1ccc(Oc2ccc3ccccc3c2Br)cc1. The van der Waals surface area contributed by atoms with Crippen LogP contribution in [0.5, 0.6) is 11.5 Å². The molecule has 0 bridgehead atoms. The standard InChI is InChI=1S/C18H15BrO2/c1-12(20)13-6-9-15(10-7-13)21-17-11-8-14-4-2-3-5-16(14)18(17)19/h2-12,20H,1H3/t12-/m0/s1. The molecule has 0 saturated heterocycles. The molecule has 0 aromatic heterocycles. The average Bonchev–Trinajstić information content (AvgIpc) is 2.51. The van der Waals surface area contributed by atoms with E-state index in [-0.39, 0.29) is 0 Å². The predicted molar refractivity (Wildman–Crippen MR) is 88.8 cm³/mol. The molecule has 1 N–H and O–H groups in total. The van der Waals surface area contributed by atoms with Crippen molar-refractivity contribution in [2.45, 2.75) is 13.0 Å². The van der Waals surface area contributed by atoms with Gasteiger partial charge in [0.25, 0.3) is 0 Å². The number of rotatable bonds is 3. The van der Waals surface area contributed by atoms with E-state index in [9.17, 15) is 5.11 Å². The van der Waals surface area contributed by atoms with Gasteiger partial charge in [0.15, 0.2) is 0 Å². The fraction of sp³-hybridized carbons (Fsp3) is 0.111. The van der Waals surface area contributed by atoms with Gasteiger partial charge in [-0.05, 0) is 57.4 Å². The van der Waals surface area contributed by atoms with Crippen molar-refractivity contribution in [1.29, 1.82) is 0 Å². The van der Waals surface area contributed by atoms with E-state index in [1.807, 2.05) is 48.5 Å². The summed E-state index contributed by atoms with van der Waals surface area (Å²) in [6.07, 6.45) is -0.466. The van der Waals surface area contributed by atoms with Gasteiger partial charge < -0.3 is 9.84 Å². The van der Waals surface area contributed by atoms with Gasteiger partial charge in [0.05, 0.1) is 10.6 Å². The van der Waals surface area contributed by atoms with Gasteiger partial charge in [0.2, 0.25) is 0 Å². The third kappa shape index (κ3) is 2.94. The van der Waals surface area contributed by atoms with Crippen molar-refractivity contribution in [2.75, 3.05) is 0 Å². The zero-order valence-corrected chi connectivity index (χ0v) is 13.2. The van der Waals surface area contributed by atoms with Crippen molar-refractivity contribution in [3.8, 4) is 11.5 Å². The van der Waals surface area contributed by atoms with Crippen molar-refractivity contribution >= 4 is 26.7 Å². The van der Waals surface area contributed by atoms with E-state index in [4.69, 9.17) is 4.74 Å². The third-order valence-corrected chi connectivity index (χ3v) is 4.24. The van der Waals surface area contributed by atoms with E-state index < -0.39 is 6.10 Å². The minimum absolute atomic E-state index is 0.466. The lowest BCUT2D eigenvalue weighted by molar-refractivity contribution is 0.199. The first-order valence-electron chi connectivity index (χ1n) is 6.78. The molecule has 21 heavy (non-hydrogen) atoms. The maximum Gasteiger partial charge on any atom is 0.142 e. The molecule has 0 aliphatic rings. The first-order chi connectivity index (χ1) is 10.1. The molecule has 0 heterocycles. The van der Waals surface area contributed by atoms with E-state index >= 15 is 0 Å². The van der Waals surface area contributed by atoms with Crippen molar-refractivity contribution < 1.29 is 9.84 Å². The van der Waals surface area contributed by atoms with E-state index in [1.165, 1.54) is 5.39 Å². The molecule has 0 radical (unpaired) electrons. The first kappa shape index (κ1) is 14.1. The topological polar surface area (TPSA) is 29.5 Å². The van der Waals surface area contributed by atoms with Crippen LogP contribution in [0.1, 0.15) is 18.6 Å². The predicted octanol–water partition coefficient (Wildman–Crippen LogP) is 5.45. The van der Waals surface area contributed by atoms with Crippen LogP contribution in [0.2, 0.25) is 0 Å². The molecule has 0 amide bonds. The van der Waals surface area contributed by atoms with Gasteiger partial charge in [-0.3, -0.25) is 0 Å². The Hall–Kier alpha value is -1.84. The maximum atomic E-state index is 9.52. The number of halogens is 1. The Morgan fingerprint density at radius 3 is 2.38 bits per heavy atom. The lowest BCUT2D eigenvalue weighted by Gasteiger charge is -2.11. The highest BCUT2D eigenvalue weighted by atomic mass is 79.9. The molecule has 0 fully saturated rings. The van der Waals surface area contributed by atoms with Gasteiger partial charge in [-0.15, -0.1) is 0 Å². The number of fused-ring (bicyclic) bond motifs is 1. The summed E-state index contributed by atoms with van der Waals surface area (Å²) in [6, 6.07) is 19.6. The summed E-state index contributed by atoms with van der Waals surface area (Å²) in [7, 11) is 0. The Bertz CT molecular complexity index is 764. The van der Waals surface area contributed by atoms with Crippen LogP contribution in [-0.4, -0.2) is 5.11 Å². The molecule has 0 unspecified atom stereocenters. The summed E-state index contributed by atoms with van der Waals surface area (Å²) in [5, 5.41) is 11.8. The molecule has 2 nitrogen and oxygen atoms in total. The molecule has 3 aromatic rings. The quantitative estimate of drug-likeness (QED) is 0.685. The summed E-state index contributed by atoms with van der Waals surface area (Å²) < 4.78 is 6.87. The summed E-state index contributed by atoms with van der Waals surface area (Å²) in [4.78, 5) is 0. The summed E-state index contributed by atoms with van der Waals surface area (Å²) in [5.74, 6) is 1.52. The summed E-state index contributed by atoms with van der Waals surface area (Å²) in [5.41, 5.74) is 0.875. The molecular formula is C18H15BrO2. The maximum absolute atomic E-state index is 9.52. The van der Waals surface area contributed by atoms with Crippen LogP contribution in [0.25, 0.3) is 10.8 Å². The molecule has 106 valence electrons. The van der Waals surface area contributed by atoms with Gasteiger partial charge in [-0.25, -0.2) is 0 Å².